The quantitative estimate of drug-likeness (QED) is 0.667. The summed E-state index contributed by atoms with van der Waals surface area (Å²) in [6.45, 7) is 5.11. The fourth-order valence-corrected chi connectivity index (χ4v) is 1.62. The van der Waals surface area contributed by atoms with Crippen LogP contribution < -0.4 is 10.1 Å². The third kappa shape index (κ3) is 6.59. The second-order valence-electron chi connectivity index (χ2n) is 4.24. The van der Waals surface area contributed by atoms with Gasteiger partial charge in [0.2, 0.25) is 11.8 Å². The third-order valence-corrected chi connectivity index (χ3v) is 2.47. The number of nitrogens with one attached hydrogen (secondary N) is 1. The van der Waals surface area contributed by atoms with Crippen molar-refractivity contribution in [2.24, 2.45) is 0 Å². The summed E-state index contributed by atoms with van der Waals surface area (Å²) >= 11 is 0. The van der Waals surface area contributed by atoms with Gasteiger partial charge in [-0.25, -0.2) is 4.98 Å². The molecule has 0 bridgehead atoms. The number of hydrogen-bond donors (Lipinski definition) is 2. The molecule has 1 aromatic rings. The van der Waals surface area contributed by atoms with Gasteiger partial charge in [-0.3, -0.25) is 4.79 Å². The van der Waals surface area contributed by atoms with Crippen LogP contribution >= 0.6 is 0 Å². The lowest BCUT2D eigenvalue weighted by molar-refractivity contribution is -0.137. The highest BCUT2D eigenvalue weighted by Gasteiger charge is 2.02. The van der Waals surface area contributed by atoms with Crippen LogP contribution in [0.1, 0.15) is 38.3 Å². The van der Waals surface area contributed by atoms with Crippen molar-refractivity contribution in [2.45, 2.75) is 39.5 Å². The summed E-state index contributed by atoms with van der Waals surface area (Å²) in [5.74, 6) is 0.390. The van der Waals surface area contributed by atoms with Crippen LogP contribution in [0.25, 0.3) is 0 Å². The molecule has 1 heterocycles. The first-order valence-corrected chi connectivity index (χ1v) is 6.56. The molecule has 19 heavy (non-hydrogen) atoms. The number of ether oxygens (including phenoxy) is 1. The normalized spacial score (nSPS) is 10.2. The Bertz CT molecular complexity index is 410. The number of hydrogen-bond acceptors (Lipinski definition) is 5. The molecule has 0 atom stereocenters. The maximum atomic E-state index is 10.3. The molecule has 2 N–H and O–H groups in total. The molecule has 0 aliphatic heterocycles. The molecule has 0 saturated heterocycles. The van der Waals surface area contributed by atoms with E-state index in [1.165, 1.54) is 0 Å². The van der Waals surface area contributed by atoms with Gasteiger partial charge in [-0.2, -0.15) is 4.98 Å². The first-order chi connectivity index (χ1) is 9.11. The number of aryl methyl sites for hydroxylation is 1. The lowest BCUT2D eigenvalue weighted by Gasteiger charge is -2.08. The second kappa shape index (κ2) is 8.29. The van der Waals surface area contributed by atoms with Crippen molar-refractivity contribution in [1.29, 1.82) is 0 Å². The first-order valence-electron chi connectivity index (χ1n) is 6.56. The molecule has 0 spiro atoms. The van der Waals surface area contributed by atoms with Gasteiger partial charge in [-0.15, -0.1) is 0 Å². The van der Waals surface area contributed by atoms with Gasteiger partial charge in [0.1, 0.15) is 0 Å². The van der Waals surface area contributed by atoms with Gasteiger partial charge in [0.15, 0.2) is 0 Å². The molecule has 0 aliphatic carbocycles. The molecule has 0 saturated carbocycles. The number of aromatic nitrogens is 2. The van der Waals surface area contributed by atoms with Gasteiger partial charge in [0, 0.05) is 24.7 Å². The Morgan fingerprint density at radius 3 is 2.84 bits per heavy atom. The number of unbranched alkanes of at least 4 members (excludes halogenated alkanes) is 2. The first kappa shape index (κ1) is 15.2. The molecule has 6 heteroatoms. The van der Waals surface area contributed by atoms with Crippen molar-refractivity contribution in [3.8, 4) is 5.88 Å². The minimum atomic E-state index is -0.740. The van der Waals surface area contributed by atoms with E-state index in [4.69, 9.17) is 9.84 Å². The molecule has 0 fully saturated rings. The van der Waals surface area contributed by atoms with Crippen LogP contribution in [0.15, 0.2) is 6.07 Å². The summed E-state index contributed by atoms with van der Waals surface area (Å²) in [5, 5.41) is 11.6. The van der Waals surface area contributed by atoms with Gasteiger partial charge in [0.05, 0.1) is 6.61 Å². The van der Waals surface area contributed by atoms with Gasteiger partial charge in [0.25, 0.3) is 0 Å². The Kier molecular flexibility index (Phi) is 6.63. The molecule has 0 unspecified atom stereocenters. The van der Waals surface area contributed by atoms with Crippen LogP contribution in [0.3, 0.4) is 0 Å². The topological polar surface area (TPSA) is 84.3 Å². The van der Waals surface area contributed by atoms with Crippen molar-refractivity contribution >= 4 is 11.9 Å². The van der Waals surface area contributed by atoms with Crippen molar-refractivity contribution in [3.05, 3.63) is 11.8 Å². The van der Waals surface area contributed by atoms with Crippen LogP contribution in [-0.4, -0.2) is 34.2 Å². The standard InChI is InChI=1S/C13H21N3O3/c1-3-19-11-9-10(2)15-13(16-11)14-8-6-4-5-7-12(17)18/h9H,3-8H2,1-2H3,(H,17,18)(H,14,15,16). The average molecular weight is 267 g/mol. The van der Waals surface area contributed by atoms with Gasteiger partial charge in [-0.05, 0) is 26.7 Å². The monoisotopic (exact) mass is 267 g/mol. The van der Waals surface area contributed by atoms with Gasteiger partial charge >= 0.3 is 5.97 Å². The smallest absolute Gasteiger partial charge is 0.303 e. The molecular weight excluding hydrogens is 246 g/mol. The Balaban J connectivity index is 2.30. The summed E-state index contributed by atoms with van der Waals surface area (Å²) < 4.78 is 5.34. The second-order valence-corrected chi connectivity index (χ2v) is 4.24. The van der Waals surface area contributed by atoms with Crippen LogP contribution in [0.4, 0.5) is 5.95 Å². The number of aliphatic carboxylic acids is 1. The highest BCUT2D eigenvalue weighted by Crippen LogP contribution is 2.12. The number of rotatable bonds is 9. The minimum Gasteiger partial charge on any atom is -0.481 e. The summed E-state index contributed by atoms with van der Waals surface area (Å²) in [5.41, 5.74) is 0.854. The summed E-state index contributed by atoms with van der Waals surface area (Å²) in [4.78, 5) is 18.8. The maximum Gasteiger partial charge on any atom is 0.303 e. The fraction of sp³-hybridized carbons (Fsp3) is 0.615. The number of carboxylic acid groups (broad SMARTS) is 1. The van der Waals surface area contributed by atoms with Gasteiger partial charge in [-0.1, -0.05) is 6.42 Å². The summed E-state index contributed by atoms with van der Waals surface area (Å²) in [7, 11) is 0. The molecule has 0 radical (unpaired) electrons. The number of nitrogens with zero attached hydrogens (tertiary/aromatic N) is 2. The molecular formula is C13H21N3O3. The van der Waals surface area contributed by atoms with E-state index in [0.29, 0.717) is 24.9 Å². The Labute approximate surface area is 113 Å². The van der Waals surface area contributed by atoms with Crippen molar-refractivity contribution in [1.82, 2.24) is 9.97 Å². The largest absolute Gasteiger partial charge is 0.481 e. The van der Waals surface area contributed by atoms with E-state index in [2.05, 4.69) is 15.3 Å². The van der Waals surface area contributed by atoms with Crippen LogP contribution in [0.2, 0.25) is 0 Å². The van der Waals surface area contributed by atoms with E-state index in [9.17, 15) is 4.79 Å². The summed E-state index contributed by atoms with van der Waals surface area (Å²) in [6, 6.07) is 1.79. The van der Waals surface area contributed by atoms with Gasteiger partial charge < -0.3 is 15.2 Å². The highest BCUT2D eigenvalue weighted by atomic mass is 16.5. The Morgan fingerprint density at radius 1 is 1.37 bits per heavy atom. The summed E-state index contributed by atoms with van der Waals surface area (Å²) in [6.07, 6.45) is 2.71. The molecule has 106 valence electrons. The zero-order valence-electron chi connectivity index (χ0n) is 11.5. The average Bonchev–Trinajstić information content (AvgIpc) is 2.33. The highest BCUT2D eigenvalue weighted by molar-refractivity contribution is 5.66. The fourth-order valence-electron chi connectivity index (χ4n) is 1.62. The van der Waals surface area contributed by atoms with E-state index in [-0.39, 0.29) is 6.42 Å². The minimum absolute atomic E-state index is 0.232. The number of carboxylic acids is 1. The van der Waals surface area contributed by atoms with Crippen molar-refractivity contribution in [2.75, 3.05) is 18.5 Å². The zero-order chi connectivity index (χ0) is 14.1. The zero-order valence-corrected chi connectivity index (χ0v) is 11.5. The molecule has 0 aliphatic rings. The Hall–Kier alpha value is -1.85. The number of carbonyl (C=O) groups is 1. The van der Waals surface area contributed by atoms with Crippen LogP contribution in [0.5, 0.6) is 5.88 Å². The lowest BCUT2D eigenvalue weighted by atomic mass is 10.2. The van der Waals surface area contributed by atoms with Crippen molar-refractivity contribution in [3.63, 3.8) is 0 Å². The predicted molar refractivity (Wildman–Crippen MR) is 72.5 cm³/mol. The lowest BCUT2D eigenvalue weighted by Crippen LogP contribution is -2.07. The molecule has 0 amide bonds. The van der Waals surface area contributed by atoms with E-state index in [1.54, 1.807) is 6.07 Å². The van der Waals surface area contributed by atoms with E-state index < -0.39 is 5.97 Å². The van der Waals surface area contributed by atoms with Crippen LogP contribution in [0, 0.1) is 6.92 Å². The molecule has 1 aromatic heterocycles. The predicted octanol–water partition coefficient (Wildman–Crippen LogP) is 2.24. The number of anilines is 1. The molecule has 1 rings (SSSR count). The van der Waals surface area contributed by atoms with E-state index >= 15 is 0 Å². The van der Waals surface area contributed by atoms with E-state index in [0.717, 1.165) is 25.1 Å². The Morgan fingerprint density at radius 2 is 2.16 bits per heavy atom. The maximum absolute atomic E-state index is 10.3. The van der Waals surface area contributed by atoms with Crippen LogP contribution in [-0.2, 0) is 4.79 Å². The molecule has 6 nitrogen and oxygen atoms in total. The van der Waals surface area contributed by atoms with E-state index in [1.807, 2.05) is 13.8 Å². The molecule has 0 aromatic carbocycles. The van der Waals surface area contributed by atoms with Crippen molar-refractivity contribution < 1.29 is 14.6 Å². The SMILES string of the molecule is CCOc1cc(C)nc(NCCCCCC(=O)O)n1. The third-order valence-electron chi connectivity index (χ3n) is 2.47.